The molecule has 17 heavy (non-hydrogen) atoms. The molecule has 1 aliphatic rings. The number of halogens is 2. The van der Waals surface area contributed by atoms with E-state index in [2.05, 4.69) is 0 Å². The molecule has 1 aromatic rings. The zero-order valence-corrected chi connectivity index (χ0v) is 10.5. The predicted octanol–water partition coefficient (Wildman–Crippen LogP) is 4.09. The molecule has 0 radical (unpaired) electrons. The van der Waals surface area contributed by atoms with Gasteiger partial charge in [0.15, 0.2) is 11.6 Å². The molecule has 0 aliphatic heterocycles. The van der Waals surface area contributed by atoms with Crippen molar-refractivity contribution in [1.29, 1.82) is 0 Å². The fraction of sp³-hybridized carbons (Fsp3) is 0.571. The second kappa shape index (κ2) is 4.28. The highest BCUT2D eigenvalue weighted by Crippen LogP contribution is 2.35. The van der Waals surface area contributed by atoms with E-state index in [0.717, 1.165) is 18.9 Å². The van der Waals surface area contributed by atoms with Gasteiger partial charge in [-0.3, -0.25) is 0 Å². The molecular weight excluding hydrogens is 222 g/mol. The van der Waals surface area contributed by atoms with E-state index in [1.165, 1.54) is 6.07 Å². The van der Waals surface area contributed by atoms with Gasteiger partial charge in [-0.25, -0.2) is 8.78 Å². The van der Waals surface area contributed by atoms with E-state index >= 15 is 0 Å². The van der Waals surface area contributed by atoms with Crippen molar-refractivity contribution in [3.05, 3.63) is 29.3 Å². The van der Waals surface area contributed by atoms with Crippen LogP contribution in [0.5, 0.6) is 5.75 Å². The van der Waals surface area contributed by atoms with Crippen LogP contribution in [0.25, 0.3) is 0 Å². The zero-order valence-electron chi connectivity index (χ0n) is 10.5. The van der Waals surface area contributed by atoms with Crippen LogP contribution >= 0.6 is 0 Å². The normalized spacial score (nSPS) is 16.1. The second-order valence-electron chi connectivity index (χ2n) is 5.93. The molecule has 0 atom stereocenters. The molecular formula is C14H18F2O. The lowest BCUT2D eigenvalue weighted by atomic mass is 9.87. The third-order valence-electron chi connectivity index (χ3n) is 2.61. The lowest BCUT2D eigenvalue weighted by molar-refractivity contribution is 0.278. The predicted molar refractivity (Wildman–Crippen MR) is 63.2 cm³/mol. The van der Waals surface area contributed by atoms with Crippen LogP contribution < -0.4 is 4.74 Å². The largest absolute Gasteiger partial charge is 0.487 e. The van der Waals surface area contributed by atoms with Gasteiger partial charge in [0.2, 0.25) is 0 Å². The SMILES string of the molecule is CC(C)(C)Cc1cc(F)cc(F)c1OC1CC1. The monoisotopic (exact) mass is 240 g/mol. The molecule has 0 spiro atoms. The molecule has 0 heterocycles. The number of hydrogen-bond donors (Lipinski definition) is 0. The van der Waals surface area contributed by atoms with Crippen molar-refractivity contribution in [1.82, 2.24) is 0 Å². The van der Waals surface area contributed by atoms with E-state index in [1.807, 2.05) is 20.8 Å². The summed E-state index contributed by atoms with van der Waals surface area (Å²) < 4.78 is 32.5. The Bertz CT molecular complexity index is 417. The Kier molecular flexibility index (Phi) is 3.11. The van der Waals surface area contributed by atoms with E-state index < -0.39 is 11.6 Å². The molecule has 1 nitrogen and oxygen atoms in total. The van der Waals surface area contributed by atoms with Crippen LogP contribution in [0.15, 0.2) is 12.1 Å². The minimum Gasteiger partial charge on any atom is -0.487 e. The van der Waals surface area contributed by atoms with Crippen LogP contribution in [-0.4, -0.2) is 6.10 Å². The number of benzene rings is 1. The quantitative estimate of drug-likeness (QED) is 0.773. The molecule has 1 fully saturated rings. The Hall–Kier alpha value is -1.12. The summed E-state index contributed by atoms with van der Waals surface area (Å²) in [5.41, 5.74) is 0.601. The van der Waals surface area contributed by atoms with Crippen LogP contribution in [0.3, 0.4) is 0 Å². The van der Waals surface area contributed by atoms with Gasteiger partial charge in [-0.15, -0.1) is 0 Å². The second-order valence-corrected chi connectivity index (χ2v) is 5.93. The average Bonchev–Trinajstić information content (AvgIpc) is 2.91. The summed E-state index contributed by atoms with van der Waals surface area (Å²) in [5.74, 6) is -0.884. The number of ether oxygens (including phenoxy) is 1. The van der Waals surface area contributed by atoms with Gasteiger partial charge in [-0.05, 0) is 30.7 Å². The molecule has 2 rings (SSSR count). The lowest BCUT2D eigenvalue weighted by Crippen LogP contribution is -2.12. The molecule has 1 aliphatic carbocycles. The van der Waals surface area contributed by atoms with Crippen molar-refractivity contribution >= 4 is 0 Å². The van der Waals surface area contributed by atoms with Crippen molar-refractivity contribution in [2.45, 2.75) is 46.1 Å². The first kappa shape index (κ1) is 12.3. The molecule has 1 saturated carbocycles. The molecule has 0 aromatic heterocycles. The molecule has 0 unspecified atom stereocenters. The number of rotatable bonds is 3. The van der Waals surface area contributed by atoms with Crippen molar-refractivity contribution < 1.29 is 13.5 Å². The van der Waals surface area contributed by atoms with Gasteiger partial charge in [-0.2, -0.15) is 0 Å². The summed E-state index contributed by atoms with van der Waals surface area (Å²) in [5, 5.41) is 0. The fourth-order valence-electron chi connectivity index (χ4n) is 1.80. The standard InChI is InChI=1S/C14H18F2O/c1-14(2,3)8-9-6-10(15)7-12(16)13(9)17-11-4-5-11/h6-7,11H,4-5,8H2,1-3H3. The minimum absolute atomic E-state index is 0.0259. The third kappa shape index (κ3) is 3.42. The smallest absolute Gasteiger partial charge is 0.168 e. The Morgan fingerprint density at radius 2 is 1.88 bits per heavy atom. The molecule has 0 N–H and O–H groups in total. The highest BCUT2D eigenvalue weighted by Gasteiger charge is 2.27. The van der Waals surface area contributed by atoms with Crippen molar-refractivity contribution in [3.63, 3.8) is 0 Å². The third-order valence-corrected chi connectivity index (χ3v) is 2.61. The van der Waals surface area contributed by atoms with Gasteiger partial charge in [0.25, 0.3) is 0 Å². The number of hydrogen-bond acceptors (Lipinski definition) is 1. The van der Waals surface area contributed by atoms with Gasteiger partial charge in [0.1, 0.15) is 5.82 Å². The van der Waals surface area contributed by atoms with E-state index in [1.54, 1.807) is 0 Å². The fourth-order valence-corrected chi connectivity index (χ4v) is 1.80. The van der Waals surface area contributed by atoms with E-state index in [-0.39, 0.29) is 17.3 Å². The zero-order chi connectivity index (χ0) is 12.6. The summed E-state index contributed by atoms with van der Waals surface area (Å²) in [6.45, 7) is 6.12. The summed E-state index contributed by atoms with van der Waals surface area (Å²) in [7, 11) is 0. The topological polar surface area (TPSA) is 9.23 Å². The van der Waals surface area contributed by atoms with Crippen LogP contribution in [-0.2, 0) is 6.42 Å². The Balaban J connectivity index is 2.32. The van der Waals surface area contributed by atoms with E-state index in [4.69, 9.17) is 4.74 Å². The molecule has 3 heteroatoms. The minimum atomic E-state index is -0.587. The highest BCUT2D eigenvalue weighted by atomic mass is 19.1. The van der Waals surface area contributed by atoms with Gasteiger partial charge >= 0.3 is 0 Å². The maximum Gasteiger partial charge on any atom is 0.168 e. The van der Waals surface area contributed by atoms with Gasteiger partial charge < -0.3 is 4.74 Å². The Labute approximate surface area is 101 Å². The lowest BCUT2D eigenvalue weighted by Gasteiger charge is -2.21. The van der Waals surface area contributed by atoms with Crippen LogP contribution in [0.4, 0.5) is 8.78 Å². The maximum atomic E-state index is 13.7. The summed E-state index contributed by atoms with van der Waals surface area (Å²) in [6.07, 6.45) is 2.65. The van der Waals surface area contributed by atoms with Crippen LogP contribution in [0.2, 0.25) is 0 Å². The van der Waals surface area contributed by atoms with Crippen molar-refractivity contribution in [2.24, 2.45) is 5.41 Å². The summed E-state index contributed by atoms with van der Waals surface area (Å²) in [4.78, 5) is 0. The van der Waals surface area contributed by atoms with Crippen LogP contribution in [0, 0.1) is 17.0 Å². The summed E-state index contributed by atoms with van der Waals surface area (Å²) >= 11 is 0. The Morgan fingerprint density at radius 3 is 2.41 bits per heavy atom. The van der Waals surface area contributed by atoms with Crippen molar-refractivity contribution in [3.8, 4) is 5.75 Å². The average molecular weight is 240 g/mol. The van der Waals surface area contributed by atoms with Gasteiger partial charge in [0, 0.05) is 11.6 Å². The van der Waals surface area contributed by atoms with Crippen molar-refractivity contribution in [2.75, 3.05) is 0 Å². The molecule has 94 valence electrons. The van der Waals surface area contributed by atoms with E-state index in [9.17, 15) is 8.78 Å². The Morgan fingerprint density at radius 1 is 1.24 bits per heavy atom. The highest BCUT2D eigenvalue weighted by molar-refractivity contribution is 5.37. The first-order valence-corrected chi connectivity index (χ1v) is 6.00. The van der Waals surface area contributed by atoms with Crippen LogP contribution in [0.1, 0.15) is 39.2 Å². The van der Waals surface area contributed by atoms with Gasteiger partial charge in [-0.1, -0.05) is 20.8 Å². The van der Waals surface area contributed by atoms with Gasteiger partial charge in [0.05, 0.1) is 6.10 Å². The molecule has 1 aromatic carbocycles. The molecule has 0 saturated heterocycles. The maximum absolute atomic E-state index is 13.7. The molecule has 0 amide bonds. The summed E-state index contributed by atoms with van der Waals surface area (Å²) in [6, 6.07) is 2.27. The molecule has 0 bridgehead atoms. The first-order chi connectivity index (χ1) is 7.85. The van der Waals surface area contributed by atoms with E-state index in [0.29, 0.717) is 12.0 Å². The first-order valence-electron chi connectivity index (χ1n) is 6.00.